The van der Waals surface area contributed by atoms with Gasteiger partial charge in [0.2, 0.25) is 5.91 Å². The number of carbonyl (C=O) groups excluding carboxylic acids is 1. The molecule has 0 spiro atoms. The van der Waals surface area contributed by atoms with Gasteiger partial charge in [0.25, 0.3) is 0 Å². The van der Waals surface area contributed by atoms with Crippen LogP contribution in [0.5, 0.6) is 0 Å². The summed E-state index contributed by atoms with van der Waals surface area (Å²) < 4.78 is 0.908. The predicted octanol–water partition coefficient (Wildman–Crippen LogP) is 2.82. The van der Waals surface area contributed by atoms with E-state index in [0.717, 1.165) is 36.1 Å². The van der Waals surface area contributed by atoms with E-state index in [4.69, 9.17) is 0 Å². The first-order valence-corrected chi connectivity index (χ1v) is 7.67. The molecule has 20 heavy (non-hydrogen) atoms. The van der Waals surface area contributed by atoms with Crippen LogP contribution in [0.15, 0.2) is 22.7 Å². The quantitative estimate of drug-likeness (QED) is 0.923. The van der Waals surface area contributed by atoms with Gasteiger partial charge in [-0.3, -0.25) is 4.79 Å². The molecule has 1 fully saturated rings. The Morgan fingerprint density at radius 2 is 2.40 bits per heavy atom. The van der Waals surface area contributed by atoms with Gasteiger partial charge in [0, 0.05) is 30.0 Å². The van der Waals surface area contributed by atoms with Crippen molar-refractivity contribution in [1.29, 1.82) is 5.26 Å². The number of nitrogens with one attached hydrogen (secondary N) is 1. The molecule has 0 saturated carbocycles. The summed E-state index contributed by atoms with van der Waals surface area (Å²) in [5.74, 6) is 0.0909. The number of nitrogens with zero attached hydrogens (tertiary/aromatic N) is 2. The number of amides is 1. The molecule has 0 radical (unpaired) electrons. The van der Waals surface area contributed by atoms with Crippen molar-refractivity contribution in [2.45, 2.75) is 32.2 Å². The Morgan fingerprint density at radius 1 is 1.60 bits per heavy atom. The number of benzene rings is 1. The van der Waals surface area contributed by atoms with E-state index in [9.17, 15) is 10.1 Å². The fraction of sp³-hybridized carbons (Fsp3) is 0.467. The molecule has 4 nitrogen and oxygen atoms in total. The third-order valence-corrected chi connectivity index (χ3v) is 4.02. The molecule has 1 aromatic carbocycles. The van der Waals surface area contributed by atoms with Crippen molar-refractivity contribution in [3.05, 3.63) is 28.2 Å². The largest absolute Gasteiger partial charge is 0.368 e. The van der Waals surface area contributed by atoms with Gasteiger partial charge < -0.3 is 10.2 Å². The molecule has 0 bridgehead atoms. The molecule has 1 aromatic rings. The van der Waals surface area contributed by atoms with Gasteiger partial charge in [-0.05, 0) is 31.0 Å². The number of piperidine rings is 1. The molecule has 0 aromatic heterocycles. The van der Waals surface area contributed by atoms with Crippen molar-refractivity contribution < 1.29 is 4.79 Å². The van der Waals surface area contributed by atoms with Crippen molar-refractivity contribution in [2.75, 3.05) is 18.0 Å². The molecule has 0 aliphatic carbocycles. The van der Waals surface area contributed by atoms with E-state index in [0.29, 0.717) is 12.0 Å². The van der Waals surface area contributed by atoms with Gasteiger partial charge in [0.15, 0.2) is 0 Å². The number of anilines is 1. The van der Waals surface area contributed by atoms with Gasteiger partial charge in [-0.15, -0.1) is 0 Å². The third-order valence-electron chi connectivity index (χ3n) is 3.53. The molecular formula is C15H18BrN3O. The van der Waals surface area contributed by atoms with Crippen LogP contribution in [0, 0.1) is 11.3 Å². The second-order valence-electron chi connectivity index (χ2n) is 4.98. The highest BCUT2D eigenvalue weighted by atomic mass is 79.9. The molecule has 5 heteroatoms. The minimum atomic E-state index is 0.0909. The number of halogens is 1. The number of hydrogen-bond donors (Lipinski definition) is 1. The van der Waals surface area contributed by atoms with Gasteiger partial charge in [0.05, 0.1) is 11.3 Å². The third kappa shape index (κ3) is 3.51. The predicted molar refractivity (Wildman–Crippen MR) is 82.5 cm³/mol. The van der Waals surface area contributed by atoms with E-state index >= 15 is 0 Å². The van der Waals surface area contributed by atoms with Crippen molar-refractivity contribution in [2.24, 2.45) is 0 Å². The number of hydrogen-bond acceptors (Lipinski definition) is 3. The Morgan fingerprint density at radius 3 is 3.10 bits per heavy atom. The molecule has 1 saturated heterocycles. The summed E-state index contributed by atoms with van der Waals surface area (Å²) in [6.45, 7) is 3.55. The molecule has 1 N–H and O–H groups in total. The molecule has 1 atom stereocenters. The van der Waals surface area contributed by atoms with Crippen LogP contribution in [-0.4, -0.2) is 25.0 Å². The summed E-state index contributed by atoms with van der Waals surface area (Å²) in [7, 11) is 0. The zero-order chi connectivity index (χ0) is 14.5. The van der Waals surface area contributed by atoms with Crippen molar-refractivity contribution in [3.8, 4) is 6.07 Å². The van der Waals surface area contributed by atoms with Gasteiger partial charge in [-0.2, -0.15) is 5.26 Å². The first-order chi connectivity index (χ1) is 9.63. The highest BCUT2D eigenvalue weighted by Crippen LogP contribution is 2.26. The Labute approximate surface area is 127 Å². The average molecular weight is 336 g/mol. The summed E-state index contributed by atoms with van der Waals surface area (Å²) in [6, 6.07) is 8.16. The van der Waals surface area contributed by atoms with E-state index < -0.39 is 0 Å². The lowest BCUT2D eigenvalue weighted by molar-refractivity contribution is -0.121. The molecule has 1 aliphatic heterocycles. The zero-order valence-electron chi connectivity index (χ0n) is 11.5. The van der Waals surface area contributed by atoms with Gasteiger partial charge in [0.1, 0.15) is 6.07 Å². The SMILES string of the molecule is CCC(=O)N[C@@H]1CCCN(c2ccc(Br)cc2C#N)C1. The summed E-state index contributed by atoms with van der Waals surface area (Å²) in [4.78, 5) is 13.7. The first kappa shape index (κ1) is 14.9. The average Bonchev–Trinajstić information content (AvgIpc) is 2.47. The van der Waals surface area contributed by atoms with E-state index in [-0.39, 0.29) is 11.9 Å². The van der Waals surface area contributed by atoms with Crippen molar-refractivity contribution in [1.82, 2.24) is 5.32 Å². The fourth-order valence-corrected chi connectivity index (χ4v) is 2.88. The number of rotatable bonds is 3. The fourth-order valence-electron chi connectivity index (χ4n) is 2.52. The van der Waals surface area contributed by atoms with E-state index in [2.05, 4.69) is 32.2 Å². The van der Waals surface area contributed by atoms with Crippen LogP contribution in [-0.2, 0) is 4.79 Å². The number of nitriles is 1. The highest BCUT2D eigenvalue weighted by molar-refractivity contribution is 9.10. The van der Waals surface area contributed by atoms with Gasteiger partial charge in [-0.25, -0.2) is 0 Å². The summed E-state index contributed by atoms with van der Waals surface area (Å²) >= 11 is 3.39. The molecule has 2 rings (SSSR count). The minimum Gasteiger partial charge on any atom is -0.368 e. The van der Waals surface area contributed by atoms with E-state index in [1.807, 2.05) is 25.1 Å². The topological polar surface area (TPSA) is 56.1 Å². The van der Waals surface area contributed by atoms with Crippen LogP contribution < -0.4 is 10.2 Å². The lowest BCUT2D eigenvalue weighted by atomic mass is 10.0. The molecule has 1 heterocycles. The Bertz CT molecular complexity index is 538. The van der Waals surface area contributed by atoms with Gasteiger partial charge >= 0.3 is 0 Å². The second-order valence-corrected chi connectivity index (χ2v) is 5.90. The van der Waals surface area contributed by atoms with Crippen LogP contribution in [0.4, 0.5) is 5.69 Å². The van der Waals surface area contributed by atoms with Crippen molar-refractivity contribution >= 4 is 27.5 Å². The van der Waals surface area contributed by atoms with Crippen LogP contribution in [0.2, 0.25) is 0 Å². The Hall–Kier alpha value is -1.54. The maximum absolute atomic E-state index is 11.5. The summed E-state index contributed by atoms with van der Waals surface area (Å²) in [5.41, 5.74) is 1.62. The molecule has 1 aliphatic rings. The van der Waals surface area contributed by atoms with Crippen LogP contribution >= 0.6 is 15.9 Å². The lowest BCUT2D eigenvalue weighted by Crippen LogP contribution is -2.47. The summed E-state index contributed by atoms with van der Waals surface area (Å²) in [6.07, 6.45) is 2.54. The maximum Gasteiger partial charge on any atom is 0.219 e. The molecule has 1 amide bonds. The lowest BCUT2D eigenvalue weighted by Gasteiger charge is -2.35. The summed E-state index contributed by atoms with van der Waals surface area (Å²) in [5, 5.41) is 12.3. The minimum absolute atomic E-state index is 0.0909. The smallest absolute Gasteiger partial charge is 0.219 e. The molecule has 0 unspecified atom stereocenters. The zero-order valence-corrected chi connectivity index (χ0v) is 13.1. The maximum atomic E-state index is 11.5. The monoisotopic (exact) mass is 335 g/mol. The van der Waals surface area contributed by atoms with Crippen LogP contribution in [0.1, 0.15) is 31.7 Å². The van der Waals surface area contributed by atoms with Crippen molar-refractivity contribution in [3.63, 3.8) is 0 Å². The number of carbonyl (C=O) groups is 1. The van der Waals surface area contributed by atoms with E-state index in [1.54, 1.807) is 0 Å². The van der Waals surface area contributed by atoms with Gasteiger partial charge in [-0.1, -0.05) is 22.9 Å². The Kier molecular flexibility index (Phi) is 5.02. The first-order valence-electron chi connectivity index (χ1n) is 6.88. The molecule has 106 valence electrons. The molecular weight excluding hydrogens is 318 g/mol. The van der Waals surface area contributed by atoms with E-state index in [1.165, 1.54) is 0 Å². The Balaban J connectivity index is 2.13. The second kappa shape index (κ2) is 6.76. The van der Waals surface area contributed by atoms with Crippen LogP contribution in [0.25, 0.3) is 0 Å². The normalized spacial score (nSPS) is 18.4. The van der Waals surface area contributed by atoms with Crippen LogP contribution in [0.3, 0.4) is 0 Å². The highest BCUT2D eigenvalue weighted by Gasteiger charge is 2.22. The standard InChI is InChI=1S/C15H18BrN3O/c1-2-15(20)18-13-4-3-7-19(10-13)14-6-5-12(16)8-11(14)9-17/h5-6,8,13H,2-4,7,10H2,1H3,(H,18,20)/t13-/m1/s1.